The van der Waals surface area contributed by atoms with Crippen molar-refractivity contribution >= 4 is 5.91 Å². The van der Waals surface area contributed by atoms with Crippen LogP contribution in [-0.4, -0.2) is 83.6 Å². The van der Waals surface area contributed by atoms with Crippen LogP contribution in [0, 0.1) is 0 Å². The summed E-state index contributed by atoms with van der Waals surface area (Å²) in [5.74, 6) is 0.234. The van der Waals surface area contributed by atoms with Crippen molar-refractivity contribution in [1.82, 2.24) is 19.7 Å². The Morgan fingerprint density at radius 3 is 2.46 bits per heavy atom. The van der Waals surface area contributed by atoms with Crippen molar-refractivity contribution in [1.29, 1.82) is 0 Å². The highest BCUT2D eigenvalue weighted by Crippen LogP contribution is 2.12. The quantitative estimate of drug-likeness (QED) is 0.818. The number of morpholine rings is 1. The normalized spacial score (nSPS) is 26.5. The molecule has 0 saturated carbocycles. The first-order valence-corrected chi connectivity index (χ1v) is 8.87. The van der Waals surface area contributed by atoms with Gasteiger partial charge in [-0.1, -0.05) is 6.07 Å². The van der Waals surface area contributed by atoms with E-state index in [1.54, 1.807) is 6.20 Å². The number of hydrogen-bond acceptors (Lipinski definition) is 5. The summed E-state index contributed by atoms with van der Waals surface area (Å²) in [6, 6.07) is 4.10. The summed E-state index contributed by atoms with van der Waals surface area (Å²) in [6.45, 7) is 10.8. The molecule has 6 heteroatoms. The molecule has 2 fully saturated rings. The van der Waals surface area contributed by atoms with E-state index < -0.39 is 0 Å². The maximum Gasteiger partial charge on any atom is 0.236 e. The van der Waals surface area contributed by atoms with Crippen LogP contribution in [0.1, 0.15) is 19.4 Å². The third-order valence-corrected chi connectivity index (χ3v) is 4.73. The molecule has 132 valence electrons. The number of piperazine rings is 1. The van der Waals surface area contributed by atoms with Crippen molar-refractivity contribution in [3.8, 4) is 0 Å². The van der Waals surface area contributed by atoms with Gasteiger partial charge in [-0.3, -0.25) is 19.6 Å². The fourth-order valence-corrected chi connectivity index (χ4v) is 3.53. The van der Waals surface area contributed by atoms with Crippen molar-refractivity contribution in [3.05, 3.63) is 30.1 Å². The van der Waals surface area contributed by atoms with Gasteiger partial charge in [0.25, 0.3) is 0 Å². The monoisotopic (exact) mass is 332 g/mol. The van der Waals surface area contributed by atoms with Crippen molar-refractivity contribution in [2.24, 2.45) is 0 Å². The molecule has 2 aliphatic heterocycles. The van der Waals surface area contributed by atoms with Crippen LogP contribution in [0.25, 0.3) is 0 Å². The molecule has 1 aromatic rings. The molecule has 2 aliphatic rings. The lowest BCUT2D eigenvalue weighted by Gasteiger charge is -2.38. The van der Waals surface area contributed by atoms with Crippen molar-refractivity contribution in [2.75, 3.05) is 45.8 Å². The Morgan fingerprint density at radius 1 is 1.17 bits per heavy atom. The predicted molar refractivity (Wildman–Crippen MR) is 92.5 cm³/mol. The second-order valence-electron chi connectivity index (χ2n) is 6.97. The fourth-order valence-electron chi connectivity index (χ4n) is 3.53. The highest BCUT2D eigenvalue weighted by molar-refractivity contribution is 5.78. The summed E-state index contributed by atoms with van der Waals surface area (Å²) in [4.78, 5) is 23.4. The number of amides is 1. The Kier molecular flexibility index (Phi) is 5.81. The van der Waals surface area contributed by atoms with Crippen LogP contribution in [0.4, 0.5) is 0 Å². The van der Waals surface area contributed by atoms with E-state index in [-0.39, 0.29) is 18.1 Å². The first kappa shape index (κ1) is 17.3. The van der Waals surface area contributed by atoms with Gasteiger partial charge in [0.15, 0.2) is 0 Å². The van der Waals surface area contributed by atoms with Gasteiger partial charge in [-0.15, -0.1) is 0 Å². The topological polar surface area (TPSA) is 48.9 Å². The van der Waals surface area contributed by atoms with Crippen molar-refractivity contribution < 1.29 is 9.53 Å². The number of pyridine rings is 1. The van der Waals surface area contributed by atoms with Gasteiger partial charge in [0.2, 0.25) is 5.91 Å². The number of carbonyl (C=O) groups excluding carboxylic acids is 1. The van der Waals surface area contributed by atoms with E-state index >= 15 is 0 Å². The Labute approximate surface area is 144 Å². The number of aromatic nitrogens is 1. The molecule has 3 heterocycles. The maximum absolute atomic E-state index is 12.5. The third-order valence-electron chi connectivity index (χ3n) is 4.73. The average Bonchev–Trinajstić information content (AvgIpc) is 2.57. The molecule has 1 aromatic heterocycles. The van der Waals surface area contributed by atoms with Gasteiger partial charge in [0.1, 0.15) is 0 Å². The molecule has 0 spiro atoms. The summed E-state index contributed by atoms with van der Waals surface area (Å²) in [7, 11) is 0. The lowest BCUT2D eigenvalue weighted by molar-refractivity contribution is -0.144. The lowest BCUT2D eigenvalue weighted by Crippen LogP contribution is -2.53. The number of nitrogens with zero attached hydrogens (tertiary/aromatic N) is 4. The molecule has 0 N–H and O–H groups in total. The van der Waals surface area contributed by atoms with Crippen LogP contribution in [0.15, 0.2) is 24.5 Å². The van der Waals surface area contributed by atoms with E-state index in [4.69, 9.17) is 4.74 Å². The molecule has 0 bridgehead atoms. The molecule has 24 heavy (non-hydrogen) atoms. The van der Waals surface area contributed by atoms with E-state index in [0.29, 0.717) is 19.6 Å². The lowest BCUT2D eigenvalue weighted by atomic mass is 10.2. The largest absolute Gasteiger partial charge is 0.372 e. The minimum absolute atomic E-state index is 0.133. The molecule has 0 radical (unpaired) electrons. The number of carbonyl (C=O) groups is 1. The molecule has 2 saturated heterocycles. The van der Waals surface area contributed by atoms with Crippen LogP contribution in [0.3, 0.4) is 0 Å². The van der Waals surface area contributed by atoms with Crippen LogP contribution >= 0.6 is 0 Å². The average molecular weight is 332 g/mol. The van der Waals surface area contributed by atoms with Gasteiger partial charge >= 0.3 is 0 Å². The van der Waals surface area contributed by atoms with Gasteiger partial charge in [0, 0.05) is 58.2 Å². The molecule has 3 rings (SSSR count). The third kappa shape index (κ3) is 4.75. The van der Waals surface area contributed by atoms with Gasteiger partial charge < -0.3 is 9.64 Å². The van der Waals surface area contributed by atoms with Gasteiger partial charge in [0.05, 0.1) is 18.8 Å². The second kappa shape index (κ2) is 8.05. The number of ether oxygens (including phenoxy) is 1. The van der Waals surface area contributed by atoms with Gasteiger partial charge in [-0.25, -0.2) is 0 Å². The minimum atomic E-state index is 0.133. The Hall–Kier alpha value is -1.50. The summed E-state index contributed by atoms with van der Waals surface area (Å²) in [6.07, 6.45) is 4.00. The molecule has 0 aromatic carbocycles. The zero-order chi connectivity index (χ0) is 16.9. The van der Waals surface area contributed by atoms with Gasteiger partial charge in [-0.05, 0) is 25.5 Å². The summed E-state index contributed by atoms with van der Waals surface area (Å²) in [5.41, 5.74) is 1.25. The second-order valence-corrected chi connectivity index (χ2v) is 6.97. The molecule has 0 unspecified atom stereocenters. The first-order chi connectivity index (χ1) is 11.6. The van der Waals surface area contributed by atoms with Crippen LogP contribution < -0.4 is 0 Å². The number of rotatable bonds is 4. The van der Waals surface area contributed by atoms with Gasteiger partial charge in [-0.2, -0.15) is 0 Å². The molecular formula is C18H28N4O2. The zero-order valence-corrected chi connectivity index (χ0v) is 14.7. The minimum Gasteiger partial charge on any atom is -0.372 e. The zero-order valence-electron chi connectivity index (χ0n) is 14.7. The van der Waals surface area contributed by atoms with E-state index in [2.05, 4.69) is 20.9 Å². The molecule has 6 nitrogen and oxygen atoms in total. The fraction of sp³-hybridized carbons (Fsp3) is 0.667. The van der Waals surface area contributed by atoms with Crippen LogP contribution in [-0.2, 0) is 16.1 Å². The standard InChI is InChI=1S/C18H28N4O2/c1-15-11-22(12-16(2)24-15)18(23)14-21-8-6-20(7-9-21)13-17-4-3-5-19-10-17/h3-5,10,15-16H,6-9,11-14H2,1-2H3/t15-,16-/m0/s1. The molecule has 0 aliphatic carbocycles. The van der Waals surface area contributed by atoms with Crippen LogP contribution in [0.5, 0.6) is 0 Å². The highest BCUT2D eigenvalue weighted by Gasteiger charge is 2.27. The maximum atomic E-state index is 12.5. The van der Waals surface area contributed by atoms with E-state index in [1.165, 1.54) is 5.56 Å². The van der Waals surface area contributed by atoms with E-state index in [0.717, 1.165) is 32.7 Å². The molecular weight excluding hydrogens is 304 g/mol. The van der Waals surface area contributed by atoms with Crippen molar-refractivity contribution in [2.45, 2.75) is 32.6 Å². The smallest absolute Gasteiger partial charge is 0.236 e. The molecule has 2 atom stereocenters. The first-order valence-electron chi connectivity index (χ1n) is 8.87. The summed E-state index contributed by atoms with van der Waals surface area (Å²) in [5, 5.41) is 0. The van der Waals surface area contributed by atoms with E-state index in [9.17, 15) is 4.79 Å². The van der Waals surface area contributed by atoms with Crippen molar-refractivity contribution in [3.63, 3.8) is 0 Å². The number of hydrogen-bond donors (Lipinski definition) is 0. The summed E-state index contributed by atoms with van der Waals surface area (Å²) >= 11 is 0. The van der Waals surface area contributed by atoms with Crippen LogP contribution in [0.2, 0.25) is 0 Å². The Morgan fingerprint density at radius 2 is 1.83 bits per heavy atom. The highest BCUT2D eigenvalue weighted by atomic mass is 16.5. The molecule has 1 amide bonds. The SMILES string of the molecule is C[C@H]1CN(C(=O)CN2CCN(Cc3cccnc3)CC2)C[C@H](C)O1. The Balaban J connectivity index is 1.42. The van der Waals surface area contributed by atoms with E-state index in [1.807, 2.05) is 31.0 Å². The summed E-state index contributed by atoms with van der Waals surface area (Å²) < 4.78 is 5.71. The Bertz CT molecular complexity index is 521. The predicted octanol–water partition coefficient (Wildman–Crippen LogP) is 0.835.